The molecule has 0 spiro atoms. The average molecular weight is 1120 g/mol. The number of nitrogens with zero attached hydrogens (tertiary/aromatic N) is 14. The zero-order valence-corrected chi connectivity index (χ0v) is 46.6. The van der Waals surface area contributed by atoms with E-state index in [1.807, 2.05) is 135 Å². The maximum atomic E-state index is 10.6. The Bertz CT molecular complexity index is 5450. The highest BCUT2D eigenvalue weighted by Crippen LogP contribution is 2.51. The molecule has 0 aliphatic rings. The highest BCUT2D eigenvalue weighted by molar-refractivity contribution is 6.17. The van der Waals surface area contributed by atoms with Crippen molar-refractivity contribution in [2.24, 2.45) is 0 Å². The van der Waals surface area contributed by atoms with E-state index in [1.54, 1.807) is 48.5 Å². The minimum atomic E-state index is 0.365. The lowest BCUT2D eigenvalue weighted by molar-refractivity contribution is 0.961. The first-order chi connectivity index (χ1) is 43.1. The van der Waals surface area contributed by atoms with Crippen LogP contribution in [0.5, 0.6) is 0 Å². The molecule has 0 bridgehead atoms. The number of nitriles is 8. The molecule has 0 fully saturated rings. The summed E-state index contributed by atoms with van der Waals surface area (Å²) in [5.74, 6) is 0.730. The van der Waals surface area contributed by atoms with Crippen molar-refractivity contribution in [3.63, 3.8) is 0 Å². The normalized spacial score (nSPS) is 11.2. The fourth-order valence-corrected chi connectivity index (χ4v) is 13.1. The summed E-state index contributed by atoms with van der Waals surface area (Å²) in [6, 6.07) is 74.8. The van der Waals surface area contributed by atoms with Crippen LogP contribution in [0.4, 0.5) is 0 Å². The molecule has 0 unspecified atom stereocenters. The molecule has 6 heterocycles. The van der Waals surface area contributed by atoms with Gasteiger partial charge in [0.05, 0.1) is 137 Å². The third-order valence-corrected chi connectivity index (χ3v) is 16.7. The van der Waals surface area contributed by atoms with Crippen LogP contribution in [-0.2, 0) is 0 Å². The minimum absolute atomic E-state index is 0.365. The number of aromatic nitrogens is 6. The van der Waals surface area contributed by atoms with Crippen molar-refractivity contribution < 1.29 is 0 Å². The number of aryl methyl sites for hydroxylation is 2. The fourth-order valence-electron chi connectivity index (χ4n) is 13.1. The highest BCUT2D eigenvalue weighted by atomic mass is 15.2. The second kappa shape index (κ2) is 19.5. The predicted molar refractivity (Wildman–Crippen MR) is 337 cm³/mol. The molecule has 15 aromatic rings. The Morgan fingerprint density at radius 3 is 0.761 bits per heavy atom. The van der Waals surface area contributed by atoms with Gasteiger partial charge in [0, 0.05) is 60.0 Å². The maximum absolute atomic E-state index is 10.6. The van der Waals surface area contributed by atoms with Gasteiger partial charge in [-0.1, -0.05) is 24.3 Å². The lowest BCUT2D eigenvalue weighted by atomic mass is 9.91. The van der Waals surface area contributed by atoms with Gasteiger partial charge in [-0.25, -0.2) is 4.98 Å². The molecule has 88 heavy (non-hydrogen) atoms. The second-order valence-electron chi connectivity index (χ2n) is 21.6. The van der Waals surface area contributed by atoms with Gasteiger partial charge in [-0.15, -0.1) is 0 Å². The van der Waals surface area contributed by atoms with Crippen LogP contribution in [0, 0.1) is 104 Å². The summed E-state index contributed by atoms with van der Waals surface area (Å²) in [7, 11) is 0. The summed E-state index contributed by atoms with van der Waals surface area (Å²) < 4.78 is 8.41. The molecule has 0 aliphatic heterocycles. The van der Waals surface area contributed by atoms with E-state index >= 15 is 0 Å². The lowest BCUT2D eigenvalue weighted by Crippen LogP contribution is -2.16. The molecule has 14 heteroatoms. The van der Waals surface area contributed by atoms with Crippen molar-refractivity contribution in [3.05, 3.63) is 238 Å². The summed E-state index contributed by atoms with van der Waals surface area (Å²) in [6.07, 6.45) is 0. The molecule has 0 aliphatic carbocycles. The number of pyridine rings is 2. The fraction of sp³-hybridized carbons (Fsp3) is 0.0270. The molecule has 0 atom stereocenters. The summed E-state index contributed by atoms with van der Waals surface area (Å²) in [4.78, 5) is 11.1. The third kappa shape index (κ3) is 7.53. The van der Waals surface area contributed by atoms with Gasteiger partial charge in [0.25, 0.3) is 0 Å². The molecule has 9 aromatic carbocycles. The van der Waals surface area contributed by atoms with Gasteiger partial charge in [-0.3, -0.25) is 14.1 Å². The lowest BCUT2D eigenvalue weighted by Gasteiger charge is -2.28. The maximum Gasteiger partial charge on any atom is 0.165 e. The number of rotatable bonds is 6. The first kappa shape index (κ1) is 51.3. The SMILES string of the molecule is Cc1cc(-c2ccccc2-c2c(-n3c4ccc(C#N)cc4c4cc(C#N)ccc43)c(-n3c4ccc(C#N)cc4c4cc(C#N)ccc43)nc(-n3c4ccc(C#N)cc4c4cc(C#N)ccc43)c2-n2c3ccc(C#N)cc3c3cc(C#N)ccc32)cc(C)n1. The minimum Gasteiger partial charge on any atom is -0.305 e. The topological polar surface area (TPSA) is 236 Å². The smallest absolute Gasteiger partial charge is 0.165 e. The van der Waals surface area contributed by atoms with Gasteiger partial charge in [-0.2, -0.15) is 42.1 Å². The first-order valence-corrected chi connectivity index (χ1v) is 27.8. The van der Waals surface area contributed by atoms with Crippen LogP contribution in [0.1, 0.15) is 55.9 Å². The molecule has 0 N–H and O–H groups in total. The Morgan fingerprint density at radius 2 is 0.511 bits per heavy atom. The van der Waals surface area contributed by atoms with Crippen molar-refractivity contribution >= 4 is 87.2 Å². The molecular weight excluding hydrogens is 1080 g/mol. The van der Waals surface area contributed by atoms with Crippen LogP contribution in [0.15, 0.2) is 182 Å². The number of fused-ring (bicyclic) bond motifs is 12. The summed E-state index contributed by atoms with van der Waals surface area (Å²) >= 11 is 0. The van der Waals surface area contributed by atoms with Crippen LogP contribution < -0.4 is 0 Å². The molecule has 0 saturated heterocycles. The van der Waals surface area contributed by atoms with Gasteiger partial charge in [0.1, 0.15) is 11.4 Å². The summed E-state index contributed by atoms with van der Waals surface area (Å²) in [5.41, 5.74) is 13.9. The molecular formula is C74H36N14. The van der Waals surface area contributed by atoms with Gasteiger partial charge in [0.2, 0.25) is 0 Å². The van der Waals surface area contributed by atoms with Gasteiger partial charge in [0.15, 0.2) is 11.6 Å². The standard InChI is InChI=1S/C74H36N14/c1-41-23-51(24-42(2)83-41)52-5-3-4-6-53(52)70-71(85-62-15-7-43(33-75)25-54(62)55-26-44(34-76)8-16-63(55)85)73(87-66-19-11-47(37-79)29-58(66)59-30-48(38-80)12-20-67(59)87)84-74(88-68-21-13-49(39-81)31-60(68)61-32-50(40-82)14-22-69(61)88)72(70)86-64-17-9-45(35-77)27-56(64)57-28-46(36-78)10-18-65(57)86/h3-32H,1-2H3. The average Bonchev–Trinajstić information content (AvgIpc) is 1.49. The van der Waals surface area contributed by atoms with E-state index in [2.05, 4.69) is 79.0 Å². The van der Waals surface area contributed by atoms with Crippen LogP contribution in [0.2, 0.25) is 0 Å². The van der Waals surface area contributed by atoms with Crippen molar-refractivity contribution in [1.82, 2.24) is 28.2 Å². The molecule has 0 saturated carbocycles. The van der Waals surface area contributed by atoms with E-state index in [0.717, 1.165) is 28.1 Å². The van der Waals surface area contributed by atoms with E-state index in [0.29, 0.717) is 160 Å². The third-order valence-electron chi connectivity index (χ3n) is 16.7. The van der Waals surface area contributed by atoms with E-state index < -0.39 is 0 Å². The van der Waals surface area contributed by atoms with Crippen molar-refractivity contribution in [3.8, 4) is 93.8 Å². The van der Waals surface area contributed by atoms with E-state index in [-0.39, 0.29) is 0 Å². The Labute approximate surface area is 500 Å². The largest absolute Gasteiger partial charge is 0.305 e. The Hall–Kier alpha value is -13.6. The zero-order chi connectivity index (χ0) is 60.2. The van der Waals surface area contributed by atoms with Gasteiger partial charge < -0.3 is 9.13 Å². The molecule has 402 valence electrons. The van der Waals surface area contributed by atoms with E-state index in [4.69, 9.17) is 9.97 Å². The Morgan fingerprint density at radius 1 is 0.273 bits per heavy atom. The molecule has 0 amide bonds. The molecule has 15 rings (SSSR count). The molecule has 14 nitrogen and oxygen atoms in total. The quantitative estimate of drug-likeness (QED) is 0.153. The predicted octanol–water partition coefficient (Wildman–Crippen LogP) is 15.8. The number of benzene rings is 9. The summed E-state index contributed by atoms with van der Waals surface area (Å²) in [5, 5.41) is 89.8. The van der Waals surface area contributed by atoms with Crippen LogP contribution in [-0.4, -0.2) is 28.2 Å². The van der Waals surface area contributed by atoms with Crippen molar-refractivity contribution in [2.75, 3.05) is 0 Å². The van der Waals surface area contributed by atoms with Gasteiger partial charge in [-0.05, 0) is 188 Å². The van der Waals surface area contributed by atoms with Crippen molar-refractivity contribution in [2.45, 2.75) is 13.8 Å². The molecule has 0 radical (unpaired) electrons. The van der Waals surface area contributed by atoms with E-state index in [1.165, 1.54) is 0 Å². The van der Waals surface area contributed by atoms with Crippen LogP contribution >= 0.6 is 0 Å². The second-order valence-corrected chi connectivity index (χ2v) is 21.6. The van der Waals surface area contributed by atoms with Gasteiger partial charge >= 0.3 is 0 Å². The van der Waals surface area contributed by atoms with Crippen LogP contribution in [0.25, 0.3) is 132 Å². The van der Waals surface area contributed by atoms with Crippen LogP contribution in [0.3, 0.4) is 0 Å². The number of hydrogen-bond acceptors (Lipinski definition) is 10. The molecule has 6 aromatic heterocycles. The monoisotopic (exact) mass is 1120 g/mol. The van der Waals surface area contributed by atoms with Crippen molar-refractivity contribution in [1.29, 1.82) is 42.1 Å². The first-order valence-electron chi connectivity index (χ1n) is 27.8. The zero-order valence-electron chi connectivity index (χ0n) is 46.6. The van der Waals surface area contributed by atoms with E-state index in [9.17, 15) is 42.1 Å². The Balaban J connectivity index is 1.31. The Kier molecular flexibility index (Phi) is 11.4. The number of hydrogen-bond donors (Lipinski definition) is 0. The summed E-state index contributed by atoms with van der Waals surface area (Å²) in [6.45, 7) is 3.92. The highest BCUT2D eigenvalue weighted by Gasteiger charge is 2.34.